The van der Waals surface area contributed by atoms with Crippen LogP contribution in [-0.2, 0) is 20.2 Å². The van der Waals surface area contributed by atoms with Gasteiger partial charge in [0.2, 0.25) is 5.91 Å². The third kappa shape index (κ3) is 3.73. The second kappa shape index (κ2) is 6.62. The Kier molecular flexibility index (Phi) is 5.17. The number of amides is 1. The lowest BCUT2D eigenvalue weighted by molar-refractivity contribution is -0.116. The summed E-state index contributed by atoms with van der Waals surface area (Å²) in [6, 6.07) is 4.02. The zero-order chi connectivity index (χ0) is 19.9. The molecule has 1 aliphatic rings. The van der Waals surface area contributed by atoms with Gasteiger partial charge in [-0.2, -0.15) is 0 Å². The molecule has 1 aliphatic heterocycles. The number of carbonyl (C=O) groups is 1. The van der Waals surface area contributed by atoms with Crippen LogP contribution < -0.4 is 10.6 Å². The predicted octanol–water partition coefficient (Wildman–Crippen LogP) is 1.31. The van der Waals surface area contributed by atoms with Gasteiger partial charge in [0.1, 0.15) is 16.4 Å². The second-order valence-electron chi connectivity index (χ2n) is 7.58. The molecule has 1 amide bonds. The van der Waals surface area contributed by atoms with Gasteiger partial charge in [0.15, 0.2) is 9.84 Å². The molecular formula is C17H25FN4O3S. The van der Waals surface area contributed by atoms with E-state index in [4.69, 9.17) is 5.41 Å². The molecule has 26 heavy (non-hydrogen) atoms. The maximum absolute atomic E-state index is 14.5. The molecule has 0 aromatic heterocycles. The minimum absolute atomic E-state index is 0.0870. The molecule has 0 saturated carbocycles. The molecular weight excluding hydrogens is 359 g/mol. The van der Waals surface area contributed by atoms with Crippen molar-refractivity contribution in [1.82, 2.24) is 10.2 Å². The van der Waals surface area contributed by atoms with Crippen LogP contribution in [0.1, 0.15) is 26.3 Å². The largest absolute Gasteiger partial charge is 0.362 e. The SMILES string of the molecule is CN(C)CC(=O)Nc1ccc(F)c([C@]2(C)CS(=O)(=O)C(C)(C)C(=N)N2)c1. The smallest absolute Gasteiger partial charge is 0.238 e. The van der Waals surface area contributed by atoms with Gasteiger partial charge in [0.25, 0.3) is 0 Å². The number of sulfone groups is 1. The van der Waals surface area contributed by atoms with Gasteiger partial charge in [-0.25, -0.2) is 12.8 Å². The lowest BCUT2D eigenvalue weighted by Gasteiger charge is -2.43. The van der Waals surface area contributed by atoms with E-state index >= 15 is 0 Å². The summed E-state index contributed by atoms with van der Waals surface area (Å²) in [6.07, 6.45) is 0. The zero-order valence-electron chi connectivity index (χ0n) is 15.6. The fourth-order valence-electron chi connectivity index (χ4n) is 2.84. The summed E-state index contributed by atoms with van der Waals surface area (Å²) in [7, 11) is -0.180. The molecule has 1 heterocycles. The van der Waals surface area contributed by atoms with E-state index in [1.54, 1.807) is 19.0 Å². The summed E-state index contributed by atoms with van der Waals surface area (Å²) in [6.45, 7) is 4.60. The monoisotopic (exact) mass is 384 g/mol. The highest BCUT2D eigenvalue weighted by Gasteiger charge is 2.51. The summed E-state index contributed by atoms with van der Waals surface area (Å²) in [5.41, 5.74) is -0.855. The summed E-state index contributed by atoms with van der Waals surface area (Å²) >= 11 is 0. The highest BCUT2D eigenvalue weighted by molar-refractivity contribution is 7.93. The van der Waals surface area contributed by atoms with E-state index in [9.17, 15) is 17.6 Å². The Balaban J connectivity index is 2.40. The van der Waals surface area contributed by atoms with E-state index in [1.165, 1.54) is 39.0 Å². The number of hydrogen-bond donors (Lipinski definition) is 3. The third-order valence-corrected chi connectivity index (χ3v) is 7.28. The first-order chi connectivity index (χ1) is 11.8. The molecule has 1 aromatic carbocycles. The van der Waals surface area contributed by atoms with Crippen molar-refractivity contribution in [3.63, 3.8) is 0 Å². The molecule has 0 bridgehead atoms. The van der Waals surface area contributed by atoms with Crippen molar-refractivity contribution in [2.45, 2.75) is 31.1 Å². The zero-order valence-corrected chi connectivity index (χ0v) is 16.4. The molecule has 1 atom stereocenters. The number of likely N-dealkylation sites (N-methyl/N-ethyl adjacent to an activating group) is 1. The Morgan fingerprint density at radius 3 is 2.50 bits per heavy atom. The second-order valence-corrected chi connectivity index (χ2v) is 10.1. The number of halogens is 1. The predicted molar refractivity (Wildman–Crippen MR) is 99.7 cm³/mol. The van der Waals surface area contributed by atoms with Gasteiger partial charge < -0.3 is 15.5 Å². The third-order valence-electron chi connectivity index (χ3n) is 4.56. The summed E-state index contributed by atoms with van der Waals surface area (Å²) in [5, 5.41) is 13.6. The molecule has 1 aromatic rings. The maximum atomic E-state index is 14.5. The number of hydrogen-bond acceptors (Lipinski definition) is 5. The van der Waals surface area contributed by atoms with Gasteiger partial charge in [-0.15, -0.1) is 0 Å². The van der Waals surface area contributed by atoms with Crippen LogP contribution in [0, 0.1) is 11.2 Å². The van der Waals surface area contributed by atoms with Crippen molar-refractivity contribution in [3.8, 4) is 0 Å². The number of anilines is 1. The van der Waals surface area contributed by atoms with Gasteiger partial charge in [-0.3, -0.25) is 10.2 Å². The Labute approximate surface area is 153 Å². The molecule has 7 nitrogen and oxygen atoms in total. The van der Waals surface area contributed by atoms with E-state index in [0.29, 0.717) is 5.69 Å². The first-order valence-corrected chi connectivity index (χ1v) is 9.78. The van der Waals surface area contributed by atoms with Gasteiger partial charge >= 0.3 is 0 Å². The van der Waals surface area contributed by atoms with Gasteiger partial charge in [0.05, 0.1) is 17.8 Å². The molecule has 0 unspecified atom stereocenters. The summed E-state index contributed by atoms with van der Waals surface area (Å²) in [5.74, 6) is -1.42. The van der Waals surface area contributed by atoms with E-state index in [-0.39, 0.29) is 29.6 Å². The van der Waals surface area contributed by atoms with Crippen molar-refractivity contribution >= 4 is 27.3 Å². The van der Waals surface area contributed by atoms with Gasteiger partial charge in [-0.05, 0) is 53.1 Å². The van der Waals surface area contributed by atoms with E-state index in [0.717, 1.165) is 0 Å². The number of benzene rings is 1. The molecule has 0 spiro atoms. The fourth-order valence-corrected chi connectivity index (χ4v) is 4.55. The van der Waals surface area contributed by atoms with Crippen LogP contribution in [-0.4, -0.2) is 56.2 Å². The highest BCUT2D eigenvalue weighted by Crippen LogP contribution is 2.35. The maximum Gasteiger partial charge on any atom is 0.238 e. The van der Waals surface area contributed by atoms with Crippen LogP contribution in [0.4, 0.5) is 10.1 Å². The van der Waals surface area contributed by atoms with Gasteiger partial charge in [-0.1, -0.05) is 0 Å². The number of amidine groups is 1. The molecule has 1 fully saturated rings. The van der Waals surface area contributed by atoms with Gasteiger partial charge in [0, 0.05) is 11.3 Å². The average molecular weight is 384 g/mol. The van der Waals surface area contributed by atoms with E-state index in [2.05, 4.69) is 10.6 Å². The average Bonchev–Trinajstić information content (AvgIpc) is 2.46. The lowest BCUT2D eigenvalue weighted by atomic mass is 9.91. The summed E-state index contributed by atoms with van der Waals surface area (Å²) < 4.78 is 38.4. The molecule has 0 aliphatic carbocycles. The molecule has 9 heteroatoms. The van der Waals surface area contributed by atoms with Crippen molar-refractivity contribution in [2.75, 3.05) is 31.7 Å². The number of rotatable bonds is 4. The van der Waals surface area contributed by atoms with Crippen LogP contribution in [0.3, 0.4) is 0 Å². The Morgan fingerprint density at radius 1 is 1.35 bits per heavy atom. The van der Waals surface area contributed by atoms with Crippen LogP contribution in [0.2, 0.25) is 0 Å². The minimum Gasteiger partial charge on any atom is -0.362 e. The van der Waals surface area contributed by atoms with Crippen molar-refractivity contribution in [3.05, 3.63) is 29.6 Å². The summed E-state index contributed by atoms with van der Waals surface area (Å²) in [4.78, 5) is 13.6. The molecule has 144 valence electrons. The molecule has 2 rings (SSSR count). The Morgan fingerprint density at radius 2 is 1.96 bits per heavy atom. The van der Waals surface area contributed by atoms with Crippen LogP contribution in [0.15, 0.2) is 18.2 Å². The van der Waals surface area contributed by atoms with Crippen molar-refractivity contribution < 1.29 is 17.6 Å². The topological polar surface area (TPSA) is 102 Å². The highest BCUT2D eigenvalue weighted by atomic mass is 32.2. The number of nitrogens with one attached hydrogen (secondary N) is 3. The standard InChI is InChI=1S/C17H25FN4O3S/c1-16(2)15(19)21-17(3,10-26(16,24)25)12-8-11(6-7-13(12)18)20-14(23)9-22(4)5/h6-8H,9-10H2,1-5H3,(H2,19,21)(H,20,23)/t17-/m0/s1. The van der Waals surface area contributed by atoms with Crippen LogP contribution >= 0.6 is 0 Å². The molecule has 1 saturated heterocycles. The van der Waals surface area contributed by atoms with Crippen LogP contribution in [0.5, 0.6) is 0 Å². The Bertz CT molecular complexity index is 852. The number of nitrogens with zero attached hydrogens (tertiary/aromatic N) is 1. The molecule has 3 N–H and O–H groups in total. The number of carbonyl (C=O) groups excluding carboxylic acids is 1. The first kappa shape index (κ1) is 20.3. The van der Waals surface area contributed by atoms with Crippen LogP contribution in [0.25, 0.3) is 0 Å². The normalized spacial score (nSPS) is 24.2. The van der Waals surface area contributed by atoms with E-state index in [1.807, 2.05) is 0 Å². The quantitative estimate of drug-likeness (QED) is 0.727. The van der Waals surface area contributed by atoms with E-state index < -0.39 is 25.9 Å². The van der Waals surface area contributed by atoms with Crippen molar-refractivity contribution in [1.29, 1.82) is 5.41 Å². The fraction of sp³-hybridized carbons (Fsp3) is 0.529. The first-order valence-electron chi connectivity index (χ1n) is 8.13. The molecule has 0 radical (unpaired) electrons. The minimum atomic E-state index is -3.68. The van der Waals surface area contributed by atoms with Crippen molar-refractivity contribution in [2.24, 2.45) is 0 Å². The Hall–Kier alpha value is -2.00. The lowest BCUT2D eigenvalue weighted by Crippen LogP contribution is -2.64.